The van der Waals surface area contributed by atoms with Crippen LogP contribution < -0.4 is 5.32 Å². The molecular formula is C19H25N3O3. The quantitative estimate of drug-likeness (QED) is 0.896. The lowest BCUT2D eigenvalue weighted by Crippen LogP contribution is -2.30. The van der Waals surface area contributed by atoms with Gasteiger partial charge in [-0.2, -0.15) is 4.98 Å². The first-order chi connectivity index (χ1) is 12.0. The Morgan fingerprint density at radius 1 is 1.32 bits per heavy atom. The number of benzene rings is 1. The van der Waals surface area contributed by atoms with Crippen molar-refractivity contribution in [1.29, 1.82) is 0 Å². The van der Waals surface area contributed by atoms with Gasteiger partial charge in [0.25, 0.3) is 0 Å². The molecule has 1 amide bonds. The second kappa shape index (κ2) is 7.78. The molecular weight excluding hydrogens is 318 g/mol. The van der Waals surface area contributed by atoms with Crippen LogP contribution in [-0.4, -0.2) is 28.8 Å². The number of hydrogen-bond donors (Lipinski definition) is 1. The van der Waals surface area contributed by atoms with Gasteiger partial charge in [0.1, 0.15) is 0 Å². The number of carbonyl (C=O) groups excluding carboxylic acids is 1. The Bertz CT molecular complexity index is 709. The summed E-state index contributed by atoms with van der Waals surface area (Å²) in [6, 6.07) is 7.42. The van der Waals surface area contributed by atoms with Crippen molar-refractivity contribution in [2.75, 3.05) is 11.9 Å². The molecule has 2 aromatic rings. The Morgan fingerprint density at radius 3 is 2.76 bits per heavy atom. The highest BCUT2D eigenvalue weighted by atomic mass is 16.5. The zero-order valence-corrected chi connectivity index (χ0v) is 15.0. The molecule has 1 fully saturated rings. The van der Waals surface area contributed by atoms with Crippen molar-refractivity contribution < 1.29 is 14.1 Å². The van der Waals surface area contributed by atoms with Crippen LogP contribution in [0.1, 0.15) is 39.5 Å². The smallest absolute Gasteiger partial charge is 0.227 e. The van der Waals surface area contributed by atoms with E-state index in [0.717, 1.165) is 37.1 Å². The van der Waals surface area contributed by atoms with Gasteiger partial charge in [-0.1, -0.05) is 19.0 Å². The summed E-state index contributed by atoms with van der Waals surface area (Å²) in [6.07, 6.45) is 3.19. The van der Waals surface area contributed by atoms with Crippen molar-refractivity contribution >= 4 is 11.6 Å². The molecule has 1 aliphatic heterocycles. The fourth-order valence-corrected chi connectivity index (χ4v) is 3.16. The maximum atomic E-state index is 11.1. The average Bonchev–Trinajstić information content (AvgIpc) is 3.03. The molecule has 134 valence electrons. The molecule has 0 aliphatic carbocycles. The number of aromatic nitrogens is 2. The Balaban J connectivity index is 1.63. The van der Waals surface area contributed by atoms with Crippen molar-refractivity contribution in [3.63, 3.8) is 0 Å². The third-order valence-electron chi connectivity index (χ3n) is 4.56. The molecule has 1 aromatic carbocycles. The predicted octanol–water partition coefficient (Wildman–Crippen LogP) is 3.69. The second-order valence-electron chi connectivity index (χ2n) is 7.02. The number of hydrogen-bond acceptors (Lipinski definition) is 5. The van der Waals surface area contributed by atoms with Gasteiger partial charge in [0.15, 0.2) is 0 Å². The molecule has 0 bridgehead atoms. The Labute approximate surface area is 148 Å². The lowest BCUT2D eigenvalue weighted by Gasteiger charge is -2.31. The van der Waals surface area contributed by atoms with Gasteiger partial charge in [-0.15, -0.1) is 0 Å². The van der Waals surface area contributed by atoms with Crippen LogP contribution in [0, 0.1) is 11.8 Å². The predicted molar refractivity (Wildman–Crippen MR) is 95.0 cm³/mol. The fourth-order valence-electron chi connectivity index (χ4n) is 3.16. The number of nitrogens with zero attached hydrogens (tertiary/aromatic N) is 2. The number of ether oxygens (including phenoxy) is 1. The minimum atomic E-state index is -0.0919. The molecule has 1 N–H and O–H groups in total. The molecule has 25 heavy (non-hydrogen) atoms. The number of nitrogens with one attached hydrogen (secondary N) is 1. The molecule has 3 rings (SSSR count). The van der Waals surface area contributed by atoms with E-state index in [1.807, 2.05) is 24.3 Å². The van der Waals surface area contributed by atoms with Crippen molar-refractivity contribution in [2.45, 2.75) is 46.1 Å². The van der Waals surface area contributed by atoms with Crippen LogP contribution in [0.2, 0.25) is 0 Å². The Hall–Kier alpha value is -2.21. The minimum Gasteiger partial charge on any atom is -0.378 e. The highest BCUT2D eigenvalue weighted by Gasteiger charge is 2.26. The van der Waals surface area contributed by atoms with Crippen molar-refractivity contribution in [3.8, 4) is 11.4 Å². The van der Waals surface area contributed by atoms with Crippen molar-refractivity contribution in [1.82, 2.24) is 10.1 Å². The molecule has 1 aliphatic rings. The van der Waals surface area contributed by atoms with Gasteiger partial charge in [-0.3, -0.25) is 4.79 Å². The molecule has 1 saturated heterocycles. The molecule has 6 heteroatoms. The topological polar surface area (TPSA) is 77.2 Å². The summed E-state index contributed by atoms with van der Waals surface area (Å²) in [7, 11) is 0. The van der Waals surface area contributed by atoms with Gasteiger partial charge >= 0.3 is 0 Å². The van der Waals surface area contributed by atoms with Crippen LogP contribution in [0.25, 0.3) is 11.4 Å². The zero-order chi connectivity index (χ0) is 17.8. The largest absolute Gasteiger partial charge is 0.378 e. The minimum absolute atomic E-state index is 0.0919. The molecule has 6 nitrogen and oxygen atoms in total. The van der Waals surface area contributed by atoms with Crippen LogP contribution in [-0.2, 0) is 16.0 Å². The van der Waals surface area contributed by atoms with E-state index < -0.39 is 0 Å². The van der Waals surface area contributed by atoms with E-state index in [1.54, 1.807) is 0 Å². The van der Waals surface area contributed by atoms with E-state index in [1.165, 1.54) is 6.92 Å². The van der Waals surface area contributed by atoms with E-state index in [9.17, 15) is 4.79 Å². The first kappa shape index (κ1) is 17.6. The van der Waals surface area contributed by atoms with Crippen LogP contribution in [0.5, 0.6) is 0 Å². The molecule has 0 unspecified atom stereocenters. The monoisotopic (exact) mass is 343 g/mol. The van der Waals surface area contributed by atoms with Gasteiger partial charge in [-0.05, 0) is 48.9 Å². The van der Waals surface area contributed by atoms with Crippen LogP contribution >= 0.6 is 0 Å². The standard InChI is InChI=1S/C19H25N3O3/c1-12(2)17-10-14(8-9-24-17)11-18-21-19(22-25-18)15-4-6-16(7-5-15)20-13(3)23/h4-7,12,14,17H,8-11H2,1-3H3,(H,20,23)/t14-,17+/m0/s1. The Kier molecular flexibility index (Phi) is 5.48. The summed E-state index contributed by atoms with van der Waals surface area (Å²) in [5.41, 5.74) is 1.62. The first-order valence-corrected chi connectivity index (χ1v) is 8.83. The molecule has 0 radical (unpaired) electrons. The van der Waals surface area contributed by atoms with E-state index in [4.69, 9.17) is 9.26 Å². The zero-order valence-electron chi connectivity index (χ0n) is 15.0. The van der Waals surface area contributed by atoms with E-state index in [-0.39, 0.29) is 5.91 Å². The SMILES string of the molecule is CC(=O)Nc1ccc(-c2noc(C[C@H]3CCO[C@@H](C(C)C)C3)n2)cc1. The van der Waals surface area contributed by atoms with Crippen LogP contribution in [0.4, 0.5) is 5.69 Å². The summed E-state index contributed by atoms with van der Waals surface area (Å²) in [4.78, 5) is 15.6. The molecule has 1 aromatic heterocycles. The number of amides is 1. The number of rotatable bonds is 5. The Morgan fingerprint density at radius 2 is 2.08 bits per heavy atom. The van der Waals surface area contributed by atoms with Gasteiger partial charge in [-0.25, -0.2) is 0 Å². The van der Waals surface area contributed by atoms with Gasteiger partial charge < -0.3 is 14.6 Å². The van der Waals surface area contributed by atoms with Crippen molar-refractivity contribution in [3.05, 3.63) is 30.2 Å². The van der Waals surface area contributed by atoms with Gasteiger partial charge in [0, 0.05) is 31.2 Å². The normalized spacial score (nSPS) is 20.6. The maximum Gasteiger partial charge on any atom is 0.227 e. The van der Waals surface area contributed by atoms with E-state index >= 15 is 0 Å². The summed E-state index contributed by atoms with van der Waals surface area (Å²) in [5.74, 6) is 2.22. The third kappa shape index (κ3) is 4.66. The van der Waals surface area contributed by atoms with E-state index in [0.29, 0.717) is 29.7 Å². The molecule has 0 saturated carbocycles. The lowest BCUT2D eigenvalue weighted by atomic mass is 9.88. The van der Waals surface area contributed by atoms with Gasteiger partial charge in [0.05, 0.1) is 6.10 Å². The summed E-state index contributed by atoms with van der Waals surface area (Å²) < 4.78 is 11.3. The summed E-state index contributed by atoms with van der Waals surface area (Å²) in [6.45, 7) is 6.68. The van der Waals surface area contributed by atoms with Gasteiger partial charge in [0.2, 0.25) is 17.6 Å². The first-order valence-electron chi connectivity index (χ1n) is 8.83. The number of anilines is 1. The molecule has 0 spiro atoms. The van der Waals surface area contributed by atoms with Crippen LogP contribution in [0.15, 0.2) is 28.8 Å². The molecule has 2 heterocycles. The molecule has 2 atom stereocenters. The van der Waals surface area contributed by atoms with Crippen molar-refractivity contribution in [2.24, 2.45) is 11.8 Å². The maximum absolute atomic E-state index is 11.1. The summed E-state index contributed by atoms with van der Waals surface area (Å²) in [5, 5.41) is 6.83. The average molecular weight is 343 g/mol. The fraction of sp³-hybridized carbons (Fsp3) is 0.526. The van der Waals surface area contributed by atoms with Crippen LogP contribution in [0.3, 0.4) is 0 Å². The second-order valence-corrected chi connectivity index (χ2v) is 7.02. The lowest BCUT2D eigenvalue weighted by molar-refractivity contribution is -0.114. The highest BCUT2D eigenvalue weighted by Crippen LogP contribution is 2.28. The van der Waals surface area contributed by atoms with E-state index in [2.05, 4.69) is 29.3 Å². The summed E-state index contributed by atoms with van der Waals surface area (Å²) >= 11 is 0. The third-order valence-corrected chi connectivity index (χ3v) is 4.56. The number of carbonyl (C=O) groups is 1. The highest BCUT2D eigenvalue weighted by molar-refractivity contribution is 5.88.